The highest BCUT2D eigenvalue weighted by Crippen LogP contribution is 2.27. The van der Waals surface area contributed by atoms with E-state index in [1.54, 1.807) is 0 Å². The third-order valence-electron chi connectivity index (χ3n) is 5.06. The average Bonchev–Trinajstić information content (AvgIpc) is 3.10. The van der Waals surface area contributed by atoms with Crippen LogP contribution >= 0.6 is 0 Å². The highest BCUT2D eigenvalue weighted by Gasteiger charge is 2.30. The second-order valence-electron chi connectivity index (χ2n) is 6.91. The molecule has 25 heavy (non-hydrogen) atoms. The van der Waals surface area contributed by atoms with Crippen molar-refractivity contribution in [3.8, 4) is 0 Å². The maximum Gasteiger partial charge on any atom is 0.272 e. The topological polar surface area (TPSA) is 76.0 Å². The van der Waals surface area contributed by atoms with Crippen molar-refractivity contribution >= 4 is 11.8 Å². The molecule has 0 spiro atoms. The standard InChI is InChI=1S/C19H22N4O2/c24-18(14-7-4-8-14)21-15-9-16-10-17(22-23(16)12-15)19(25)20-11-13-5-2-1-3-6-13/h1-3,5-6,10,14-15H,4,7-9,11-12H2,(H,20,25)(H,21,24)/t15-/m0/s1. The summed E-state index contributed by atoms with van der Waals surface area (Å²) in [7, 11) is 0. The summed E-state index contributed by atoms with van der Waals surface area (Å²) in [5, 5.41) is 10.4. The van der Waals surface area contributed by atoms with Crippen LogP contribution in [0.4, 0.5) is 0 Å². The van der Waals surface area contributed by atoms with E-state index in [2.05, 4.69) is 15.7 Å². The van der Waals surface area contributed by atoms with E-state index in [-0.39, 0.29) is 23.8 Å². The first-order valence-corrected chi connectivity index (χ1v) is 8.88. The number of hydrogen-bond donors (Lipinski definition) is 2. The molecule has 6 nitrogen and oxygen atoms in total. The number of aromatic nitrogens is 2. The first kappa shape index (κ1) is 15.9. The molecule has 2 aliphatic rings. The molecule has 2 amide bonds. The van der Waals surface area contributed by atoms with Crippen molar-refractivity contribution in [2.24, 2.45) is 5.92 Å². The van der Waals surface area contributed by atoms with Gasteiger partial charge in [0.25, 0.3) is 5.91 Å². The maximum absolute atomic E-state index is 12.3. The minimum atomic E-state index is -0.166. The number of rotatable bonds is 5. The summed E-state index contributed by atoms with van der Waals surface area (Å²) in [6, 6.07) is 11.7. The minimum absolute atomic E-state index is 0.0945. The molecule has 1 aromatic heterocycles. The van der Waals surface area contributed by atoms with Gasteiger partial charge in [-0.05, 0) is 24.5 Å². The molecule has 0 radical (unpaired) electrons. The predicted molar refractivity (Wildman–Crippen MR) is 92.8 cm³/mol. The highest BCUT2D eigenvalue weighted by atomic mass is 16.2. The van der Waals surface area contributed by atoms with E-state index in [1.807, 2.05) is 41.1 Å². The summed E-state index contributed by atoms with van der Waals surface area (Å²) in [4.78, 5) is 24.3. The molecule has 1 fully saturated rings. The lowest BCUT2D eigenvalue weighted by molar-refractivity contribution is -0.128. The smallest absolute Gasteiger partial charge is 0.272 e. The van der Waals surface area contributed by atoms with Gasteiger partial charge in [0, 0.05) is 24.6 Å². The Morgan fingerprint density at radius 2 is 2.00 bits per heavy atom. The van der Waals surface area contributed by atoms with Crippen LogP contribution in [0, 0.1) is 5.92 Å². The Morgan fingerprint density at radius 3 is 2.68 bits per heavy atom. The van der Waals surface area contributed by atoms with Crippen molar-refractivity contribution in [1.29, 1.82) is 0 Å². The third kappa shape index (κ3) is 3.43. The molecule has 1 saturated carbocycles. The first-order valence-electron chi connectivity index (χ1n) is 8.88. The molecule has 1 aromatic carbocycles. The van der Waals surface area contributed by atoms with Crippen LogP contribution in [-0.2, 0) is 24.3 Å². The van der Waals surface area contributed by atoms with Gasteiger partial charge in [-0.2, -0.15) is 5.10 Å². The zero-order chi connectivity index (χ0) is 17.2. The van der Waals surface area contributed by atoms with Gasteiger partial charge in [-0.3, -0.25) is 14.3 Å². The number of carbonyl (C=O) groups is 2. The zero-order valence-electron chi connectivity index (χ0n) is 14.1. The largest absolute Gasteiger partial charge is 0.351 e. The number of fused-ring (bicyclic) bond motifs is 1. The number of nitrogens with one attached hydrogen (secondary N) is 2. The summed E-state index contributed by atoms with van der Waals surface area (Å²) >= 11 is 0. The van der Waals surface area contributed by atoms with Gasteiger partial charge in [-0.25, -0.2) is 0 Å². The lowest BCUT2D eigenvalue weighted by atomic mass is 9.84. The van der Waals surface area contributed by atoms with E-state index in [0.717, 1.165) is 36.9 Å². The monoisotopic (exact) mass is 338 g/mol. The SMILES string of the molecule is O=C(NCc1ccccc1)c1cc2n(n1)C[C@@H](NC(=O)C1CCC1)C2. The molecule has 0 unspecified atom stereocenters. The molecule has 1 atom stereocenters. The summed E-state index contributed by atoms with van der Waals surface area (Å²) in [6.07, 6.45) is 3.91. The van der Waals surface area contributed by atoms with Gasteiger partial charge >= 0.3 is 0 Å². The van der Waals surface area contributed by atoms with E-state index in [1.165, 1.54) is 0 Å². The average molecular weight is 338 g/mol. The Morgan fingerprint density at radius 1 is 1.20 bits per heavy atom. The third-order valence-corrected chi connectivity index (χ3v) is 5.06. The molecule has 4 rings (SSSR count). The van der Waals surface area contributed by atoms with Crippen LogP contribution < -0.4 is 10.6 Å². The summed E-state index contributed by atoms with van der Waals surface area (Å²) in [6.45, 7) is 1.13. The summed E-state index contributed by atoms with van der Waals surface area (Å²) < 4.78 is 1.84. The maximum atomic E-state index is 12.3. The van der Waals surface area contributed by atoms with E-state index >= 15 is 0 Å². The van der Waals surface area contributed by atoms with Gasteiger partial charge in [0.1, 0.15) is 5.69 Å². The molecule has 1 aliphatic heterocycles. The van der Waals surface area contributed by atoms with E-state index in [4.69, 9.17) is 0 Å². The van der Waals surface area contributed by atoms with Crippen molar-refractivity contribution in [1.82, 2.24) is 20.4 Å². The van der Waals surface area contributed by atoms with Gasteiger partial charge in [0.2, 0.25) is 5.91 Å². The number of amides is 2. The van der Waals surface area contributed by atoms with Gasteiger partial charge in [-0.15, -0.1) is 0 Å². The fourth-order valence-electron chi connectivity index (χ4n) is 3.37. The minimum Gasteiger partial charge on any atom is -0.351 e. The number of hydrogen-bond acceptors (Lipinski definition) is 3. The Balaban J connectivity index is 1.31. The van der Waals surface area contributed by atoms with Crippen LogP contribution in [0.5, 0.6) is 0 Å². The van der Waals surface area contributed by atoms with Crippen LogP contribution in [0.3, 0.4) is 0 Å². The molecule has 0 bridgehead atoms. The fraction of sp³-hybridized carbons (Fsp3) is 0.421. The lowest BCUT2D eigenvalue weighted by Crippen LogP contribution is -2.42. The summed E-state index contributed by atoms with van der Waals surface area (Å²) in [5.41, 5.74) is 2.50. The first-order chi connectivity index (χ1) is 12.2. The molecule has 2 N–H and O–H groups in total. The number of carbonyl (C=O) groups excluding carboxylic acids is 2. The molecular formula is C19H22N4O2. The van der Waals surface area contributed by atoms with Crippen molar-refractivity contribution in [2.45, 2.75) is 44.8 Å². The van der Waals surface area contributed by atoms with Crippen LogP contribution in [0.2, 0.25) is 0 Å². The Bertz CT molecular complexity index is 756. The van der Waals surface area contributed by atoms with Crippen LogP contribution in [0.25, 0.3) is 0 Å². The molecule has 6 heteroatoms. The molecular weight excluding hydrogens is 316 g/mol. The van der Waals surface area contributed by atoms with E-state index in [0.29, 0.717) is 18.8 Å². The Hall–Kier alpha value is -2.63. The van der Waals surface area contributed by atoms with Crippen LogP contribution in [0.15, 0.2) is 36.4 Å². The second kappa shape index (κ2) is 6.70. The fourth-order valence-corrected chi connectivity index (χ4v) is 3.37. The zero-order valence-corrected chi connectivity index (χ0v) is 14.1. The molecule has 2 aromatic rings. The quantitative estimate of drug-likeness (QED) is 0.870. The Kier molecular flexibility index (Phi) is 4.26. The van der Waals surface area contributed by atoms with Crippen molar-refractivity contribution in [3.05, 3.63) is 53.3 Å². The van der Waals surface area contributed by atoms with Crippen molar-refractivity contribution in [2.75, 3.05) is 0 Å². The van der Waals surface area contributed by atoms with Crippen LogP contribution in [0.1, 0.15) is 41.0 Å². The number of nitrogens with zero attached hydrogens (tertiary/aromatic N) is 2. The van der Waals surface area contributed by atoms with Crippen molar-refractivity contribution in [3.63, 3.8) is 0 Å². The highest BCUT2D eigenvalue weighted by molar-refractivity contribution is 5.92. The van der Waals surface area contributed by atoms with Gasteiger partial charge < -0.3 is 10.6 Å². The number of benzene rings is 1. The molecule has 2 heterocycles. The van der Waals surface area contributed by atoms with Crippen LogP contribution in [-0.4, -0.2) is 27.6 Å². The van der Waals surface area contributed by atoms with Gasteiger partial charge in [-0.1, -0.05) is 36.8 Å². The second-order valence-corrected chi connectivity index (χ2v) is 6.91. The normalized spacial score (nSPS) is 19.1. The Labute approximate surface area is 146 Å². The van der Waals surface area contributed by atoms with E-state index in [9.17, 15) is 9.59 Å². The van der Waals surface area contributed by atoms with Crippen molar-refractivity contribution < 1.29 is 9.59 Å². The summed E-state index contributed by atoms with van der Waals surface area (Å²) in [5.74, 6) is 0.205. The molecule has 1 aliphatic carbocycles. The lowest BCUT2D eigenvalue weighted by Gasteiger charge is -2.25. The predicted octanol–water partition coefficient (Wildman–Crippen LogP) is 1.65. The molecule has 130 valence electrons. The van der Waals surface area contributed by atoms with E-state index < -0.39 is 0 Å². The van der Waals surface area contributed by atoms with Gasteiger partial charge in [0.15, 0.2) is 0 Å². The molecule has 0 saturated heterocycles. The van der Waals surface area contributed by atoms with Gasteiger partial charge in [0.05, 0.1) is 12.6 Å².